The molecule has 1 aromatic carbocycles. The number of alkyl halides is 1. The molecule has 3 nitrogen and oxygen atoms in total. The minimum atomic E-state index is -0.230. The van der Waals surface area contributed by atoms with Crippen LogP contribution in [0.15, 0.2) is 24.3 Å². The van der Waals surface area contributed by atoms with Crippen LogP contribution in [0, 0.1) is 0 Å². The maximum atomic E-state index is 11.2. The minimum absolute atomic E-state index is 0.133. The number of esters is 1. The average molecular weight is 292 g/mol. The van der Waals surface area contributed by atoms with E-state index in [2.05, 4.69) is 5.73 Å². The third-order valence-corrected chi connectivity index (χ3v) is 1.95. The number of carbonyl (C=O) groups excluding carboxylic acids is 1. The van der Waals surface area contributed by atoms with Crippen molar-refractivity contribution in [3.8, 4) is 5.75 Å². The van der Waals surface area contributed by atoms with Gasteiger partial charge in [-0.15, -0.1) is 0 Å². The summed E-state index contributed by atoms with van der Waals surface area (Å²) in [6.07, 6.45) is 0. The molecule has 0 aliphatic rings. The number of carbonyl (C=O) groups is 1. The second-order valence-electron chi connectivity index (χ2n) is 2.68. The predicted molar refractivity (Wildman–Crippen MR) is 58.1 cm³/mol. The second-order valence-corrected chi connectivity index (χ2v) is 4.55. The summed E-state index contributed by atoms with van der Waals surface area (Å²) >= 11 is 2.01. The normalized spacial score (nSPS) is 12.2. The van der Waals surface area contributed by atoms with Crippen LogP contribution < -0.4 is 10.5 Å². The summed E-state index contributed by atoms with van der Waals surface area (Å²) in [5.74, 6) is 0.326. The molecule has 0 aliphatic heterocycles. The van der Waals surface area contributed by atoms with Gasteiger partial charge < -0.3 is 10.5 Å². The average Bonchev–Trinajstić information content (AvgIpc) is 2.04. The molecule has 4 heteroatoms. The van der Waals surface area contributed by atoms with Crippen LogP contribution in [-0.4, -0.2) is 9.89 Å². The van der Waals surface area contributed by atoms with Gasteiger partial charge in [0.2, 0.25) is 0 Å². The summed E-state index contributed by atoms with van der Waals surface area (Å²) < 4.78 is 4.94. The highest BCUT2D eigenvalue weighted by Crippen LogP contribution is 2.15. The van der Waals surface area contributed by atoms with Crippen molar-refractivity contribution >= 4 is 34.2 Å². The van der Waals surface area contributed by atoms with Gasteiger partial charge in [-0.1, -0.05) is 28.7 Å². The molecule has 1 aromatic rings. The SMILES string of the molecule is CC(I)C(=O)Oc1cccc([NH3+])c1. The molecule has 70 valence electrons. The lowest BCUT2D eigenvalue weighted by Crippen LogP contribution is -2.39. The lowest BCUT2D eigenvalue weighted by molar-refractivity contribution is -0.254. The zero-order chi connectivity index (χ0) is 9.84. The molecule has 0 heterocycles. The number of benzene rings is 1. The fourth-order valence-corrected chi connectivity index (χ4v) is 0.933. The van der Waals surface area contributed by atoms with Gasteiger partial charge in [-0.2, -0.15) is 0 Å². The Kier molecular flexibility index (Phi) is 3.68. The summed E-state index contributed by atoms with van der Waals surface area (Å²) in [6, 6.07) is 7.14. The summed E-state index contributed by atoms with van der Waals surface area (Å²) in [4.78, 5) is 11.2. The number of rotatable bonds is 2. The van der Waals surface area contributed by atoms with Crippen LogP contribution >= 0.6 is 22.6 Å². The maximum absolute atomic E-state index is 11.2. The molecule has 0 saturated carbocycles. The Morgan fingerprint density at radius 3 is 2.85 bits per heavy atom. The standard InChI is InChI=1S/C9H10INO2/c1-6(10)9(12)13-8-4-2-3-7(11)5-8/h2-6H,11H2,1H3/p+1. The first-order chi connectivity index (χ1) is 6.09. The van der Waals surface area contributed by atoms with Crippen molar-refractivity contribution in [3.63, 3.8) is 0 Å². The molecule has 1 atom stereocenters. The Bertz CT molecular complexity index is 312. The van der Waals surface area contributed by atoms with Crippen LogP contribution in [0.3, 0.4) is 0 Å². The molecule has 3 N–H and O–H groups in total. The highest BCUT2D eigenvalue weighted by molar-refractivity contribution is 14.1. The molecule has 0 fully saturated rings. The molecule has 1 rings (SSSR count). The first kappa shape index (κ1) is 10.5. The molecule has 13 heavy (non-hydrogen) atoms. The number of hydrogen-bond acceptors (Lipinski definition) is 2. The fraction of sp³-hybridized carbons (Fsp3) is 0.222. The van der Waals surface area contributed by atoms with Crippen LogP contribution in [0.5, 0.6) is 5.75 Å². The largest absolute Gasteiger partial charge is 0.426 e. The molecule has 0 aromatic heterocycles. The molecule has 0 saturated heterocycles. The van der Waals surface area contributed by atoms with Gasteiger partial charge in [-0.05, 0) is 19.1 Å². The van der Waals surface area contributed by atoms with E-state index in [4.69, 9.17) is 4.74 Å². The smallest absolute Gasteiger partial charge is 0.323 e. The van der Waals surface area contributed by atoms with E-state index in [0.29, 0.717) is 5.75 Å². The Morgan fingerprint density at radius 2 is 2.31 bits per heavy atom. The van der Waals surface area contributed by atoms with E-state index in [1.54, 1.807) is 19.1 Å². The van der Waals surface area contributed by atoms with Gasteiger partial charge in [0.1, 0.15) is 15.4 Å². The summed E-state index contributed by atoms with van der Waals surface area (Å²) in [5.41, 5.74) is 4.58. The number of quaternary nitrogens is 1. The van der Waals surface area contributed by atoms with Crippen LogP contribution in [0.25, 0.3) is 0 Å². The summed E-state index contributed by atoms with van der Waals surface area (Å²) in [7, 11) is 0. The molecule has 0 bridgehead atoms. The third kappa shape index (κ3) is 3.31. The minimum Gasteiger partial charge on any atom is -0.426 e. The van der Waals surface area contributed by atoms with Crippen molar-refractivity contribution in [3.05, 3.63) is 24.3 Å². The van der Waals surface area contributed by atoms with Gasteiger partial charge >= 0.3 is 5.97 Å². The zero-order valence-corrected chi connectivity index (χ0v) is 9.45. The molecular weight excluding hydrogens is 281 g/mol. The molecule has 0 amide bonds. The fourth-order valence-electron chi connectivity index (χ4n) is 0.806. The topological polar surface area (TPSA) is 53.9 Å². The Balaban J connectivity index is 2.69. The van der Waals surface area contributed by atoms with Crippen molar-refractivity contribution in [2.45, 2.75) is 10.8 Å². The first-order valence-corrected chi connectivity index (χ1v) is 5.12. The van der Waals surface area contributed by atoms with Crippen molar-refractivity contribution in [1.29, 1.82) is 0 Å². The van der Waals surface area contributed by atoms with Crippen molar-refractivity contribution in [2.24, 2.45) is 0 Å². The number of ether oxygens (including phenoxy) is 1. The monoisotopic (exact) mass is 292 g/mol. The molecular formula is C9H11INO2+. The van der Waals surface area contributed by atoms with Gasteiger partial charge in [-0.25, -0.2) is 0 Å². The van der Waals surface area contributed by atoms with E-state index < -0.39 is 0 Å². The Labute approximate surface area is 90.4 Å². The lowest BCUT2D eigenvalue weighted by atomic mass is 10.3. The Hall–Kier alpha value is -0.620. The van der Waals surface area contributed by atoms with Gasteiger partial charge in [-0.3, -0.25) is 4.79 Å². The molecule has 1 unspecified atom stereocenters. The van der Waals surface area contributed by atoms with E-state index in [0.717, 1.165) is 5.69 Å². The van der Waals surface area contributed by atoms with Crippen LogP contribution in [0.1, 0.15) is 6.92 Å². The molecule has 0 aliphatic carbocycles. The van der Waals surface area contributed by atoms with E-state index in [1.165, 1.54) is 0 Å². The number of halogens is 1. The summed E-state index contributed by atoms with van der Waals surface area (Å²) in [6.45, 7) is 1.79. The second kappa shape index (κ2) is 4.57. The van der Waals surface area contributed by atoms with Crippen LogP contribution in [-0.2, 0) is 4.79 Å². The van der Waals surface area contributed by atoms with Gasteiger partial charge in [0.05, 0.1) is 0 Å². The first-order valence-electron chi connectivity index (χ1n) is 3.87. The summed E-state index contributed by atoms with van der Waals surface area (Å²) in [5, 5.41) is 0. The van der Waals surface area contributed by atoms with Crippen LogP contribution in [0.2, 0.25) is 0 Å². The predicted octanol–water partition coefficient (Wildman–Crippen LogP) is 1.29. The quantitative estimate of drug-likeness (QED) is 0.386. The maximum Gasteiger partial charge on any atom is 0.323 e. The number of hydrogen-bond donors (Lipinski definition) is 1. The van der Waals surface area contributed by atoms with Gasteiger partial charge in [0.25, 0.3) is 0 Å². The highest BCUT2D eigenvalue weighted by atomic mass is 127. The van der Waals surface area contributed by atoms with Crippen molar-refractivity contribution in [1.82, 2.24) is 0 Å². The van der Waals surface area contributed by atoms with E-state index in [-0.39, 0.29) is 9.89 Å². The molecule has 0 spiro atoms. The van der Waals surface area contributed by atoms with Crippen molar-refractivity contribution < 1.29 is 15.3 Å². The van der Waals surface area contributed by atoms with E-state index in [9.17, 15) is 4.79 Å². The Morgan fingerprint density at radius 1 is 1.62 bits per heavy atom. The van der Waals surface area contributed by atoms with Crippen molar-refractivity contribution in [2.75, 3.05) is 0 Å². The van der Waals surface area contributed by atoms with E-state index >= 15 is 0 Å². The van der Waals surface area contributed by atoms with Gasteiger partial charge in [0.15, 0.2) is 0 Å². The van der Waals surface area contributed by atoms with Crippen LogP contribution in [0.4, 0.5) is 5.69 Å². The molecule has 0 radical (unpaired) electrons. The lowest BCUT2D eigenvalue weighted by Gasteiger charge is -2.04. The zero-order valence-electron chi connectivity index (χ0n) is 7.29. The van der Waals surface area contributed by atoms with E-state index in [1.807, 2.05) is 34.7 Å². The highest BCUT2D eigenvalue weighted by Gasteiger charge is 2.11. The van der Waals surface area contributed by atoms with Gasteiger partial charge in [0, 0.05) is 6.07 Å². The third-order valence-electron chi connectivity index (χ3n) is 1.44.